The number of hydrogen-bond acceptors (Lipinski definition) is 10. The van der Waals surface area contributed by atoms with Gasteiger partial charge in [0.1, 0.15) is 16.7 Å². The lowest BCUT2D eigenvalue weighted by molar-refractivity contribution is 0.210. The van der Waals surface area contributed by atoms with Gasteiger partial charge >= 0.3 is 0 Å². The number of aryl methyl sites for hydroxylation is 5. The first-order valence-corrected chi connectivity index (χ1v) is 33.4. The van der Waals surface area contributed by atoms with E-state index in [1.165, 1.54) is 115 Å². The van der Waals surface area contributed by atoms with E-state index in [-0.39, 0.29) is 0 Å². The number of nitrogens with zero attached hydrogens (tertiary/aromatic N) is 5. The lowest BCUT2D eigenvalue weighted by Gasteiger charge is -2.33. The second-order valence-electron chi connectivity index (χ2n) is 26.1. The molecule has 0 aliphatic heterocycles. The highest BCUT2D eigenvalue weighted by molar-refractivity contribution is 7.19. The highest BCUT2D eigenvalue weighted by atomic mass is 32.1. The van der Waals surface area contributed by atoms with Crippen LogP contribution in [0.5, 0.6) is 0 Å². The predicted molar refractivity (Wildman–Crippen MR) is 378 cm³/mol. The number of rotatable bonds is 4. The van der Waals surface area contributed by atoms with Crippen LogP contribution in [0.4, 0.5) is 0 Å². The summed E-state index contributed by atoms with van der Waals surface area (Å²) in [5, 5.41) is 12.4. The van der Waals surface area contributed by atoms with Crippen LogP contribution in [0.15, 0.2) is 207 Å². The molecule has 452 valence electrons. The van der Waals surface area contributed by atoms with Gasteiger partial charge in [0.05, 0.1) is 30.4 Å². The van der Waals surface area contributed by atoms with Gasteiger partial charge in [-0.1, -0.05) is 198 Å². The van der Waals surface area contributed by atoms with Crippen LogP contribution in [0.25, 0.3) is 108 Å². The zero-order valence-corrected chi connectivity index (χ0v) is 54.7. The summed E-state index contributed by atoms with van der Waals surface area (Å²) in [7, 11) is 0. The summed E-state index contributed by atoms with van der Waals surface area (Å²) >= 11 is 3.69. The Morgan fingerprint density at radius 2 is 0.889 bits per heavy atom. The molecule has 10 aromatic carbocycles. The highest BCUT2D eigenvalue weighted by Crippen LogP contribution is 2.46. The molecule has 10 heteroatoms. The van der Waals surface area contributed by atoms with Crippen molar-refractivity contribution in [1.82, 2.24) is 24.9 Å². The van der Waals surface area contributed by atoms with Crippen molar-refractivity contribution in [2.24, 2.45) is 10.8 Å². The Bertz CT molecular complexity index is 4530. The van der Waals surface area contributed by atoms with Crippen LogP contribution >= 0.6 is 22.7 Å². The average molecular weight is 1220 g/mol. The molecule has 0 bridgehead atoms. The molecule has 17 rings (SSSR count). The van der Waals surface area contributed by atoms with E-state index in [0.717, 1.165) is 72.0 Å². The topological polar surface area (TPSA) is 104 Å². The number of thiazole rings is 2. The Labute approximate surface area is 535 Å². The Morgan fingerprint density at radius 1 is 0.400 bits per heavy atom. The average Bonchev–Trinajstić information content (AvgIpc) is 1.43. The molecule has 0 radical (unpaired) electrons. The van der Waals surface area contributed by atoms with Crippen molar-refractivity contribution in [1.29, 1.82) is 0 Å². The maximum Gasteiger partial charge on any atom is 0.198 e. The van der Waals surface area contributed by atoms with Gasteiger partial charge in [-0.05, 0) is 140 Å². The lowest BCUT2D eigenvalue weighted by atomic mass is 9.73. The zero-order valence-electron chi connectivity index (χ0n) is 53.1. The van der Waals surface area contributed by atoms with Crippen LogP contribution in [0.1, 0.15) is 130 Å². The van der Waals surface area contributed by atoms with E-state index in [2.05, 4.69) is 185 Å². The van der Waals surface area contributed by atoms with Crippen LogP contribution in [-0.4, -0.2) is 24.9 Å². The monoisotopic (exact) mass is 1220 g/mol. The van der Waals surface area contributed by atoms with E-state index in [4.69, 9.17) is 23.2 Å². The Balaban J connectivity index is 0.000000103. The van der Waals surface area contributed by atoms with E-state index in [1.54, 1.807) is 11.3 Å². The highest BCUT2D eigenvalue weighted by Gasteiger charge is 2.31. The molecular weight excluding hydrogens is 1140 g/mol. The molecular formula is C80H77N5O3S2. The molecule has 0 unspecified atom stereocenters. The first-order chi connectivity index (χ1) is 43.6. The first-order valence-electron chi connectivity index (χ1n) is 31.8. The fourth-order valence-corrected chi connectivity index (χ4v) is 15.2. The van der Waals surface area contributed by atoms with Crippen LogP contribution in [0.3, 0.4) is 0 Å². The standard InChI is InChI=1S/C16H11NO.C16H21NO.C16H13NO.C16H11NS.C16H21NS/c1-10-17-15-13-8-4-2-6-11(13)12-7-3-5-9-14(12)16(15)18-10;1-11-4-5-13-14(10-11)18-15(17-13)12-6-8-16(2,3)9-7-12;1-12-17-15(13-8-4-2-5-9-13)16(18-12)14-10-6-3-7-11-14;1-10-17-15-13-8-4-2-6-11(13)12-7-3-5-9-14(12)16(15)18-10;1-11-4-5-13-14(10-11)18-15(17-13)12-6-8-16(2,3)9-7-12/h2-9H,1H3;4-5,10,12H,6-9H2,1-3H3;2-11H,1H3;2-9H,1H3;4-5,10,12H,6-9H2,1-3H3. The number of oxazole rings is 3. The molecule has 0 saturated heterocycles. The SMILES string of the molecule is Cc1ccc2nc(C3CCC(C)(C)CC3)oc2c1.Cc1ccc2nc(C3CCC(C)(C)CC3)sc2c1.Cc1nc(-c2ccccc2)c(-c2ccccc2)o1.Cc1nc2c3ccccc3c3ccccc3c2o1.Cc1nc2c3ccccc3c3ccccc3c2s1. The third kappa shape index (κ3) is 13.0. The summed E-state index contributed by atoms with van der Waals surface area (Å²) in [4.78, 5) is 23.2. The minimum Gasteiger partial charge on any atom is -0.440 e. The summed E-state index contributed by atoms with van der Waals surface area (Å²) in [6, 6.07) is 66.8. The van der Waals surface area contributed by atoms with Gasteiger partial charge in [0.25, 0.3) is 0 Å². The van der Waals surface area contributed by atoms with Gasteiger partial charge in [-0.25, -0.2) is 24.9 Å². The quantitative estimate of drug-likeness (QED) is 0.161. The van der Waals surface area contributed by atoms with Crippen molar-refractivity contribution in [3.63, 3.8) is 0 Å². The van der Waals surface area contributed by atoms with Crippen LogP contribution in [0.2, 0.25) is 0 Å². The predicted octanol–water partition coefficient (Wildman–Crippen LogP) is 23.8. The molecule has 2 aliphatic rings. The van der Waals surface area contributed by atoms with Gasteiger partial charge in [-0.2, -0.15) is 0 Å². The van der Waals surface area contributed by atoms with E-state index in [0.29, 0.717) is 34.4 Å². The molecule has 90 heavy (non-hydrogen) atoms. The van der Waals surface area contributed by atoms with Crippen molar-refractivity contribution in [2.75, 3.05) is 0 Å². The van der Waals surface area contributed by atoms with Crippen molar-refractivity contribution in [3.05, 3.63) is 233 Å². The van der Waals surface area contributed by atoms with Gasteiger partial charge < -0.3 is 13.3 Å². The summed E-state index contributed by atoms with van der Waals surface area (Å²) in [5.74, 6) is 4.41. The molecule has 0 amide bonds. The van der Waals surface area contributed by atoms with Crippen molar-refractivity contribution >= 4 is 108 Å². The van der Waals surface area contributed by atoms with Gasteiger partial charge in [0.15, 0.2) is 34.6 Å². The smallest absolute Gasteiger partial charge is 0.198 e. The molecule has 0 atom stereocenters. The number of fused-ring (bicyclic) bond motifs is 14. The minimum atomic E-state index is 0.499. The van der Waals surface area contributed by atoms with Gasteiger partial charge in [-0.15, -0.1) is 22.7 Å². The zero-order chi connectivity index (χ0) is 62.1. The summed E-state index contributed by atoms with van der Waals surface area (Å²) in [5.41, 5.74) is 12.8. The molecule has 2 saturated carbocycles. The van der Waals surface area contributed by atoms with Crippen molar-refractivity contribution in [3.8, 4) is 22.6 Å². The van der Waals surface area contributed by atoms with E-state index in [9.17, 15) is 0 Å². The second kappa shape index (κ2) is 25.6. The Hall–Kier alpha value is -8.83. The van der Waals surface area contributed by atoms with Gasteiger partial charge in [0, 0.05) is 58.4 Å². The largest absolute Gasteiger partial charge is 0.440 e. The number of aromatic nitrogens is 5. The van der Waals surface area contributed by atoms with Crippen LogP contribution in [0, 0.1) is 45.4 Å². The fourth-order valence-electron chi connectivity index (χ4n) is 13.0. The third-order valence-electron chi connectivity index (χ3n) is 18.1. The Kier molecular flexibility index (Phi) is 17.1. The first kappa shape index (κ1) is 60.1. The summed E-state index contributed by atoms with van der Waals surface area (Å²) in [6.45, 7) is 19.6. The molecule has 15 aromatic rings. The minimum absolute atomic E-state index is 0.499. The third-order valence-corrected chi connectivity index (χ3v) is 20.3. The van der Waals surface area contributed by atoms with Crippen LogP contribution in [-0.2, 0) is 0 Å². The number of hydrogen-bond donors (Lipinski definition) is 0. The summed E-state index contributed by atoms with van der Waals surface area (Å²) in [6.07, 6.45) is 10.3. The maximum atomic E-state index is 5.95. The fraction of sp³-hybridized carbons (Fsp3) is 0.263. The molecule has 0 spiro atoms. The Morgan fingerprint density at radius 3 is 1.51 bits per heavy atom. The maximum absolute atomic E-state index is 5.95. The molecule has 2 aliphatic carbocycles. The van der Waals surface area contributed by atoms with Gasteiger partial charge in [0.2, 0.25) is 0 Å². The van der Waals surface area contributed by atoms with Crippen molar-refractivity contribution in [2.45, 2.75) is 126 Å². The van der Waals surface area contributed by atoms with E-state index >= 15 is 0 Å². The molecule has 0 N–H and O–H groups in total. The second-order valence-corrected chi connectivity index (χ2v) is 28.3. The molecule has 5 heterocycles. The van der Waals surface area contributed by atoms with Crippen molar-refractivity contribution < 1.29 is 13.3 Å². The van der Waals surface area contributed by atoms with Gasteiger partial charge in [-0.3, -0.25) is 0 Å². The van der Waals surface area contributed by atoms with Crippen LogP contribution < -0.4 is 0 Å². The normalized spacial score (nSPS) is 14.9. The summed E-state index contributed by atoms with van der Waals surface area (Å²) < 4.78 is 20.1. The molecule has 2 fully saturated rings. The number of benzene rings is 10. The molecule has 8 nitrogen and oxygen atoms in total. The lowest BCUT2D eigenvalue weighted by Crippen LogP contribution is -2.20. The molecule has 5 aromatic heterocycles. The van der Waals surface area contributed by atoms with E-state index < -0.39 is 0 Å². The van der Waals surface area contributed by atoms with E-state index in [1.807, 2.05) is 98.0 Å².